The van der Waals surface area contributed by atoms with E-state index in [1.165, 1.54) is 11.1 Å². The molecule has 7 heteroatoms. The minimum atomic E-state index is -2.98. The van der Waals surface area contributed by atoms with Crippen molar-refractivity contribution in [1.29, 1.82) is 0 Å². The molecule has 25 heavy (non-hydrogen) atoms. The number of thiazole rings is 1. The molecule has 5 nitrogen and oxygen atoms in total. The van der Waals surface area contributed by atoms with Crippen LogP contribution in [0.3, 0.4) is 0 Å². The number of anilines is 1. The smallest absolute Gasteiger partial charge is 0.173 e. The Hall–Kier alpha value is -1.70. The molecule has 2 aliphatic heterocycles. The van der Waals surface area contributed by atoms with Crippen molar-refractivity contribution in [2.75, 3.05) is 23.7 Å². The first-order valence-electron chi connectivity index (χ1n) is 8.50. The van der Waals surface area contributed by atoms with Crippen molar-refractivity contribution in [3.05, 3.63) is 46.6 Å². The molecule has 0 radical (unpaired) electrons. The maximum Gasteiger partial charge on any atom is 0.173 e. The lowest BCUT2D eigenvalue weighted by Crippen LogP contribution is -2.46. The van der Waals surface area contributed by atoms with Gasteiger partial charge >= 0.3 is 0 Å². The lowest BCUT2D eigenvalue weighted by Gasteiger charge is -2.35. The number of rotatable bonds is 4. The zero-order valence-corrected chi connectivity index (χ0v) is 15.5. The number of aromatic nitrogens is 1. The van der Waals surface area contributed by atoms with Gasteiger partial charge in [0, 0.05) is 47.2 Å². The van der Waals surface area contributed by atoms with Crippen molar-refractivity contribution in [2.24, 2.45) is 0 Å². The zero-order valence-electron chi connectivity index (χ0n) is 13.8. The highest BCUT2D eigenvalue weighted by Gasteiger charge is 2.26. The molecule has 0 bridgehead atoms. The average Bonchev–Trinajstić information content (AvgIpc) is 3.25. The Bertz CT molecular complexity index is 854. The van der Waals surface area contributed by atoms with Crippen LogP contribution in [0, 0.1) is 0 Å². The van der Waals surface area contributed by atoms with E-state index in [-0.39, 0.29) is 11.8 Å². The molecule has 1 saturated heterocycles. The number of piperidine rings is 1. The molecule has 2 aliphatic rings. The molecule has 1 N–H and O–H groups in total. The largest absolute Gasteiger partial charge is 0.371 e. The molecule has 2 aromatic rings. The second-order valence-corrected chi connectivity index (χ2v) is 9.27. The second-order valence-electron chi connectivity index (χ2n) is 6.62. The molecular weight excluding hydrogens is 354 g/mol. The van der Waals surface area contributed by atoms with Crippen LogP contribution in [0.15, 0.2) is 46.6 Å². The van der Waals surface area contributed by atoms with Gasteiger partial charge in [-0.2, -0.15) is 0 Å². The summed E-state index contributed by atoms with van der Waals surface area (Å²) in [5.74, 6) is 0.197. The van der Waals surface area contributed by atoms with E-state index in [0.717, 1.165) is 37.2 Å². The van der Waals surface area contributed by atoms with Gasteiger partial charge in [0.05, 0.1) is 17.0 Å². The van der Waals surface area contributed by atoms with E-state index in [9.17, 15) is 8.42 Å². The maximum absolute atomic E-state index is 11.5. The third kappa shape index (κ3) is 3.94. The number of nitrogens with zero attached hydrogens (tertiary/aromatic N) is 2. The van der Waals surface area contributed by atoms with E-state index in [2.05, 4.69) is 44.8 Å². The first kappa shape index (κ1) is 16.8. The molecule has 1 aromatic heterocycles. The summed E-state index contributed by atoms with van der Waals surface area (Å²) in [7, 11) is -2.98. The Morgan fingerprint density at radius 3 is 2.76 bits per heavy atom. The third-order valence-electron chi connectivity index (χ3n) is 4.81. The molecule has 4 rings (SSSR count). The monoisotopic (exact) mass is 375 g/mol. The predicted molar refractivity (Wildman–Crippen MR) is 103 cm³/mol. The maximum atomic E-state index is 11.5. The van der Waals surface area contributed by atoms with Crippen LogP contribution in [-0.2, 0) is 9.84 Å². The molecule has 1 atom stereocenters. The fourth-order valence-electron chi connectivity index (χ4n) is 3.50. The van der Waals surface area contributed by atoms with Crippen molar-refractivity contribution in [2.45, 2.75) is 24.9 Å². The SMILES string of the molecule is O=S1(=O)C=CC(NC2CCN(c3cccc(-c4cscn4)c3)CC2)C1. The lowest BCUT2D eigenvalue weighted by molar-refractivity contribution is 0.401. The highest BCUT2D eigenvalue weighted by molar-refractivity contribution is 7.94. The van der Waals surface area contributed by atoms with Crippen LogP contribution in [0.1, 0.15) is 12.8 Å². The minimum Gasteiger partial charge on any atom is -0.371 e. The van der Waals surface area contributed by atoms with Gasteiger partial charge in [0.1, 0.15) is 0 Å². The van der Waals surface area contributed by atoms with Gasteiger partial charge in [-0.25, -0.2) is 13.4 Å². The van der Waals surface area contributed by atoms with Crippen LogP contribution >= 0.6 is 11.3 Å². The van der Waals surface area contributed by atoms with Crippen LogP contribution in [-0.4, -0.2) is 44.3 Å². The quantitative estimate of drug-likeness (QED) is 0.890. The molecule has 0 amide bonds. The van der Waals surface area contributed by atoms with E-state index in [1.54, 1.807) is 17.4 Å². The average molecular weight is 376 g/mol. The van der Waals surface area contributed by atoms with Crippen LogP contribution in [0.4, 0.5) is 5.69 Å². The Balaban J connectivity index is 1.36. The Morgan fingerprint density at radius 1 is 1.24 bits per heavy atom. The van der Waals surface area contributed by atoms with Crippen molar-refractivity contribution in [3.8, 4) is 11.3 Å². The molecule has 3 heterocycles. The van der Waals surface area contributed by atoms with Gasteiger partial charge in [-0.15, -0.1) is 11.3 Å². The lowest BCUT2D eigenvalue weighted by atomic mass is 10.0. The van der Waals surface area contributed by atoms with Gasteiger partial charge in [0.2, 0.25) is 0 Å². The van der Waals surface area contributed by atoms with Crippen molar-refractivity contribution < 1.29 is 8.42 Å². The fourth-order valence-corrected chi connectivity index (χ4v) is 5.31. The van der Waals surface area contributed by atoms with Gasteiger partial charge < -0.3 is 10.2 Å². The summed E-state index contributed by atoms with van der Waals surface area (Å²) in [4.78, 5) is 6.79. The zero-order chi connectivity index (χ0) is 17.3. The normalized spacial score (nSPS) is 23.2. The van der Waals surface area contributed by atoms with Gasteiger partial charge in [-0.3, -0.25) is 0 Å². The Morgan fingerprint density at radius 2 is 2.08 bits per heavy atom. The summed E-state index contributed by atoms with van der Waals surface area (Å²) < 4.78 is 23.0. The number of hydrogen-bond donors (Lipinski definition) is 1. The number of nitrogens with one attached hydrogen (secondary N) is 1. The summed E-state index contributed by atoms with van der Waals surface area (Å²) in [6.45, 7) is 1.95. The minimum absolute atomic E-state index is 0.0328. The summed E-state index contributed by atoms with van der Waals surface area (Å²) in [5, 5.41) is 6.88. The molecular formula is C18H21N3O2S2. The third-order valence-corrected chi connectivity index (χ3v) is 6.80. The van der Waals surface area contributed by atoms with Gasteiger partial charge in [-0.1, -0.05) is 18.2 Å². The predicted octanol–water partition coefficient (Wildman–Crippen LogP) is 2.68. The van der Waals surface area contributed by atoms with E-state index in [1.807, 2.05) is 5.51 Å². The van der Waals surface area contributed by atoms with Gasteiger partial charge in [0.25, 0.3) is 0 Å². The Kier molecular flexibility index (Phi) is 4.62. The Labute approximate surface area is 152 Å². The topological polar surface area (TPSA) is 62.3 Å². The van der Waals surface area contributed by atoms with Crippen LogP contribution < -0.4 is 10.2 Å². The van der Waals surface area contributed by atoms with Crippen molar-refractivity contribution >= 4 is 26.9 Å². The van der Waals surface area contributed by atoms with Crippen molar-refractivity contribution in [1.82, 2.24) is 10.3 Å². The first-order valence-corrected chi connectivity index (χ1v) is 11.2. The molecule has 132 valence electrons. The fraction of sp³-hybridized carbons (Fsp3) is 0.389. The molecule has 0 spiro atoms. The van der Waals surface area contributed by atoms with E-state index in [0.29, 0.717) is 6.04 Å². The van der Waals surface area contributed by atoms with Gasteiger partial charge in [0.15, 0.2) is 9.84 Å². The van der Waals surface area contributed by atoms with Crippen LogP contribution in [0.25, 0.3) is 11.3 Å². The molecule has 1 aromatic carbocycles. The highest BCUT2D eigenvalue weighted by atomic mass is 32.2. The van der Waals surface area contributed by atoms with E-state index >= 15 is 0 Å². The summed E-state index contributed by atoms with van der Waals surface area (Å²) in [6, 6.07) is 8.88. The highest BCUT2D eigenvalue weighted by Crippen LogP contribution is 2.26. The molecule has 1 fully saturated rings. The molecule has 0 aliphatic carbocycles. The number of sulfone groups is 1. The molecule has 0 saturated carbocycles. The number of hydrogen-bond acceptors (Lipinski definition) is 6. The van der Waals surface area contributed by atoms with Crippen LogP contribution in [0.2, 0.25) is 0 Å². The summed E-state index contributed by atoms with van der Waals surface area (Å²) in [6.07, 6.45) is 3.82. The first-order chi connectivity index (χ1) is 12.1. The van der Waals surface area contributed by atoms with Crippen LogP contribution in [0.5, 0.6) is 0 Å². The summed E-state index contributed by atoms with van der Waals surface area (Å²) in [5.41, 5.74) is 5.27. The molecule has 1 unspecified atom stereocenters. The second kappa shape index (κ2) is 6.90. The summed E-state index contributed by atoms with van der Waals surface area (Å²) >= 11 is 1.61. The van der Waals surface area contributed by atoms with E-state index in [4.69, 9.17) is 0 Å². The number of benzene rings is 1. The van der Waals surface area contributed by atoms with Gasteiger partial charge in [-0.05, 0) is 25.0 Å². The standard InChI is InChI=1S/C18H21N3O2S2/c22-25(23)9-6-16(12-25)20-15-4-7-21(8-5-15)17-3-1-2-14(10-17)18-11-24-13-19-18/h1-3,6,9-11,13,15-16,20H,4-5,7-8,12H2. The van der Waals surface area contributed by atoms with E-state index < -0.39 is 9.84 Å². The van der Waals surface area contributed by atoms with Crippen molar-refractivity contribution in [3.63, 3.8) is 0 Å².